The van der Waals surface area contributed by atoms with Gasteiger partial charge in [-0.2, -0.15) is 0 Å². The van der Waals surface area contributed by atoms with Crippen LogP contribution in [0.5, 0.6) is 0 Å². The van der Waals surface area contributed by atoms with E-state index in [-0.39, 0.29) is 5.02 Å². The molecule has 0 spiro atoms. The number of nitrogens with zero attached hydrogens (tertiary/aromatic N) is 1. The molecule has 1 heterocycles. The Hall–Kier alpha value is -1.13. The van der Waals surface area contributed by atoms with E-state index < -0.39 is 5.82 Å². The van der Waals surface area contributed by atoms with Crippen LogP contribution in [0.15, 0.2) is 24.4 Å². The van der Waals surface area contributed by atoms with Crippen LogP contribution in [0.2, 0.25) is 5.02 Å². The molecule has 0 aliphatic heterocycles. The Morgan fingerprint density at radius 2 is 2.21 bits per heavy atom. The van der Waals surface area contributed by atoms with Crippen LogP contribution in [0.1, 0.15) is 0 Å². The molecular formula is C9H6ClFN2S. The number of benzene rings is 1. The monoisotopic (exact) mass is 228 g/mol. The van der Waals surface area contributed by atoms with E-state index in [2.05, 4.69) is 4.98 Å². The number of rotatable bonds is 1. The Balaban J connectivity index is 2.47. The molecule has 0 radical (unpaired) electrons. The molecule has 14 heavy (non-hydrogen) atoms. The number of anilines is 1. The van der Waals surface area contributed by atoms with Crippen molar-refractivity contribution in [3.63, 3.8) is 0 Å². The van der Waals surface area contributed by atoms with Crippen LogP contribution in [0.4, 0.5) is 9.52 Å². The molecule has 0 saturated carbocycles. The van der Waals surface area contributed by atoms with Gasteiger partial charge in [0.2, 0.25) is 0 Å². The van der Waals surface area contributed by atoms with Gasteiger partial charge in [0, 0.05) is 6.20 Å². The van der Waals surface area contributed by atoms with Gasteiger partial charge < -0.3 is 5.73 Å². The second-order valence-corrected chi connectivity index (χ2v) is 4.16. The summed E-state index contributed by atoms with van der Waals surface area (Å²) in [5.41, 5.74) is 6.21. The summed E-state index contributed by atoms with van der Waals surface area (Å²) in [6.45, 7) is 0. The van der Waals surface area contributed by atoms with Crippen LogP contribution in [0.3, 0.4) is 0 Å². The molecule has 1 aromatic heterocycles. The fourth-order valence-electron chi connectivity index (χ4n) is 1.07. The standard InChI is InChI=1S/C9H6ClFN2S/c10-6-2-1-5(3-7(6)11)8-4-13-9(12)14-8/h1-4H,(H2,12,13). The zero-order valence-corrected chi connectivity index (χ0v) is 8.57. The van der Waals surface area contributed by atoms with Gasteiger partial charge in [-0.15, -0.1) is 0 Å². The Morgan fingerprint density at radius 1 is 1.43 bits per heavy atom. The lowest BCUT2D eigenvalue weighted by Gasteiger charge is -1.97. The van der Waals surface area contributed by atoms with Gasteiger partial charge in [0.05, 0.1) is 9.90 Å². The SMILES string of the molecule is Nc1ncc(-c2ccc(Cl)c(F)c2)s1. The van der Waals surface area contributed by atoms with E-state index in [0.717, 1.165) is 10.4 Å². The van der Waals surface area contributed by atoms with Crippen molar-refractivity contribution < 1.29 is 4.39 Å². The maximum absolute atomic E-state index is 13.1. The number of aromatic nitrogens is 1. The Morgan fingerprint density at radius 3 is 2.79 bits per heavy atom. The predicted molar refractivity (Wildman–Crippen MR) is 56.9 cm³/mol. The van der Waals surface area contributed by atoms with E-state index >= 15 is 0 Å². The van der Waals surface area contributed by atoms with Crippen LogP contribution >= 0.6 is 22.9 Å². The fraction of sp³-hybridized carbons (Fsp3) is 0. The first-order valence-corrected chi connectivity index (χ1v) is 5.03. The van der Waals surface area contributed by atoms with Gasteiger partial charge in [-0.25, -0.2) is 9.37 Å². The van der Waals surface area contributed by atoms with E-state index in [9.17, 15) is 4.39 Å². The molecule has 2 rings (SSSR count). The lowest BCUT2D eigenvalue weighted by Crippen LogP contribution is -1.78. The van der Waals surface area contributed by atoms with Gasteiger partial charge >= 0.3 is 0 Å². The zero-order chi connectivity index (χ0) is 10.1. The van der Waals surface area contributed by atoms with Gasteiger partial charge in [0.1, 0.15) is 5.82 Å². The largest absolute Gasteiger partial charge is 0.375 e. The highest BCUT2D eigenvalue weighted by Gasteiger charge is 2.05. The van der Waals surface area contributed by atoms with E-state index in [1.807, 2.05) is 0 Å². The predicted octanol–water partition coefficient (Wildman–Crippen LogP) is 3.18. The molecule has 2 aromatic rings. The first-order valence-electron chi connectivity index (χ1n) is 3.83. The number of thiazole rings is 1. The minimum atomic E-state index is -0.434. The minimum absolute atomic E-state index is 0.117. The summed E-state index contributed by atoms with van der Waals surface area (Å²) < 4.78 is 13.1. The van der Waals surface area contributed by atoms with Gasteiger partial charge in [-0.05, 0) is 17.7 Å². The van der Waals surface area contributed by atoms with Crippen molar-refractivity contribution in [1.29, 1.82) is 0 Å². The first-order chi connectivity index (χ1) is 6.66. The Kier molecular flexibility index (Phi) is 2.39. The summed E-state index contributed by atoms with van der Waals surface area (Å²) in [6.07, 6.45) is 1.61. The molecule has 0 bridgehead atoms. The second kappa shape index (κ2) is 3.55. The van der Waals surface area contributed by atoms with Crippen LogP contribution in [-0.4, -0.2) is 4.98 Å². The van der Waals surface area contributed by atoms with Crippen molar-refractivity contribution in [3.05, 3.63) is 35.2 Å². The lowest BCUT2D eigenvalue weighted by atomic mass is 10.2. The Labute approximate surface area is 89.2 Å². The molecule has 0 unspecified atom stereocenters. The number of nitrogens with two attached hydrogens (primary N) is 1. The summed E-state index contributed by atoms with van der Waals surface area (Å²) in [5, 5.41) is 0.585. The minimum Gasteiger partial charge on any atom is -0.375 e. The molecule has 1 aromatic carbocycles. The lowest BCUT2D eigenvalue weighted by molar-refractivity contribution is 0.629. The van der Waals surface area contributed by atoms with Crippen LogP contribution in [0.25, 0.3) is 10.4 Å². The molecule has 0 saturated heterocycles. The second-order valence-electron chi connectivity index (χ2n) is 2.69. The molecule has 0 atom stereocenters. The number of hydrogen-bond donors (Lipinski definition) is 1. The highest BCUT2D eigenvalue weighted by Crippen LogP contribution is 2.29. The normalized spacial score (nSPS) is 10.4. The average molecular weight is 229 g/mol. The Bertz CT molecular complexity index is 470. The molecule has 2 nitrogen and oxygen atoms in total. The van der Waals surface area contributed by atoms with Crippen molar-refractivity contribution in [2.45, 2.75) is 0 Å². The summed E-state index contributed by atoms with van der Waals surface area (Å²) in [7, 11) is 0. The van der Waals surface area contributed by atoms with Crippen molar-refractivity contribution in [1.82, 2.24) is 4.98 Å². The molecule has 2 N–H and O–H groups in total. The van der Waals surface area contributed by atoms with Crippen molar-refractivity contribution >= 4 is 28.1 Å². The van der Waals surface area contributed by atoms with E-state index in [1.54, 1.807) is 12.3 Å². The third-order valence-corrected chi connectivity index (χ3v) is 2.91. The molecule has 0 aliphatic rings. The van der Waals surface area contributed by atoms with E-state index in [1.165, 1.54) is 23.5 Å². The van der Waals surface area contributed by atoms with Crippen LogP contribution < -0.4 is 5.73 Å². The molecule has 0 fully saturated rings. The van der Waals surface area contributed by atoms with Gasteiger partial charge in [-0.1, -0.05) is 29.0 Å². The van der Waals surface area contributed by atoms with E-state index in [0.29, 0.717) is 5.13 Å². The van der Waals surface area contributed by atoms with Gasteiger partial charge in [-0.3, -0.25) is 0 Å². The number of nitrogen functional groups attached to an aromatic ring is 1. The number of hydrogen-bond acceptors (Lipinski definition) is 3. The highest BCUT2D eigenvalue weighted by molar-refractivity contribution is 7.18. The highest BCUT2D eigenvalue weighted by atomic mass is 35.5. The summed E-state index contributed by atoms with van der Waals surface area (Å²) in [5.74, 6) is -0.434. The maximum atomic E-state index is 13.1. The van der Waals surface area contributed by atoms with Crippen molar-refractivity contribution in [2.24, 2.45) is 0 Å². The molecule has 0 amide bonds. The van der Waals surface area contributed by atoms with Crippen LogP contribution in [-0.2, 0) is 0 Å². The van der Waals surface area contributed by atoms with E-state index in [4.69, 9.17) is 17.3 Å². The fourth-order valence-corrected chi connectivity index (χ4v) is 1.87. The first kappa shape index (κ1) is 9.43. The number of halogens is 2. The third-order valence-electron chi connectivity index (χ3n) is 1.73. The molecular weight excluding hydrogens is 223 g/mol. The van der Waals surface area contributed by atoms with Crippen molar-refractivity contribution in [3.8, 4) is 10.4 Å². The quantitative estimate of drug-likeness (QED) is 0.814. The molecule has 0 aliphatic carbocycles. The zero-order valence-electron chi connectivity index (χ0n) is 7.00. The summed E-state index contributed by atoms with van der Waals surface area (Å²) >= 11 is 6.87. The third kappa shape index (κ3) is 1.71. The van der Waals surface area contributed by atoms with Gasteiger partial charge in [0.15, 0.2) is 5.13 Å². The van der Waals surface area contributed by atoms with Crippen LogP contribution in [0, 0.1) is 5.82 Å². The maximum Gasteiger partial charge on any atom is 0.180 e. The van der Waals surface area contributed by atoms with Crippen molar-refractivity contribution in [2.75, 3.05) is 5.73 Å². The topological polar surface area (TPSA) is 38.9 Å². The van der Waals surface area contributed by atoms with Gasteiger partial charge in [0.25, 0.3) is 0 Å². The average Bonchev–Trinajstić information content (AvgIpc) is 2.57. The molecule has 72 valence electrons. The summed E-state index contributed by atoms with van der Waals surface area (Å²) in [6, 6.07) is 4.62. The molecule has 5 heteroatoms. The smallest absolute Gasteiger partial charge is 0.180 e. The summed E-state index contributed by atoms with van der Waals surface area (Å²) in [4.78, 5) is 4.72.